The van der Waals surface area contributed by atoms with Gasteiger partial charge in [0.15, 0.2) is 0 Å². The molecule has 2 heterocycles. The van der Waals surface area contributed by atoms with Crippen molar-refractivity contribution < 1.29 is 9.18 Å². The van der Waals surface area contributed by atoms with Gasteiger partial charge < -0.3 is 10.6 Å². The highest BCUT2D eigenvalue weighted by Crippen LogP contribution is 2.31. The Labute approximate surface area is 178 Å². The second kappa shape index (κ2) is 10.2. The van der Waals surface area contributed by atoms with Crippen molar-refractivity contribution in [2.24, 2.45) is 11.8 Å². The molecule has 0 aromatic heterocycles. The van der Waals surface area contributed by atoms with Gasteiger partial charge in [-0.15, -0.1) is 0 Å². The minimum atomic E-state index is -0.252. The maximum absolute atomic E-state index is 13.0. The molecule has 0 saturated carbocycles. The number of halogens is 1. The first kappa shape index (κ1) is 21.0. The average Bonchev–Trinajstić information content (AvgIpc) is 2.76. The van der Waals surface area contributed by atoms with Crippen LogP contribution >= 0.6 is 0 Å². The molecule has 2 aromatic rings. The zero-order chi connectivity index (χ0) is 20.8. The Balaban J connectivity index is 1.19. The lowest BCUT2D eigenvalue weighted by molar-refractivity contribution is -0.121. The fourth-order valence-electron chi connectivity index (χ4n) is 4.95. The van der Waals surface area contributed by atoms with E-state index in [9.17, 15) is 9.18 Å². The van der Waals surface area contributed by atoms with Gasteiger partial charge in [0.1, 0.15) is 5.82 Å². The van der Waals surface area contributed by atoms with Crippen LogP contribution in [0.3, 0.4) is 0 Å². The summed E-state index contributed by atoms with van der Waals surface area (Å²) in [6, 6.07) is 17.5. The number of carbonyl (C=O) groups excluding carboxylic acids is 1. The van der Waals surface area contributed by atoms with E-state index in [4.69, 9.17) is 0 Å². The molecule has 2 aromatic carbocycles. The zero-order valence-corrected chi connectivity index (χ0v) is 17.5. The Morgan fingerprint density at radius 2 is 1.87 bits per heavy atom. The molecule has 0 aliphatic carbocycles. The molecule has 4 rings (SSSR count). The monoisotopic (exact) mass is 409 g/mol. The summed E-state index contributed by atoms with van der Waals surface area (Å²) in [5, 5.41) is 6.69. The van der Waals surface area contributed by atoms with Gasteiger partial charge in [-0.05, 0) is 60.9 Å². The second-order valence-corrected chi connectivity index (χ2v) is 8.85. The lowest BCUT2D eigenvalue weighted by atomic mass is 9.79. The molecule has 5 heteroatoms. The molecule has 3 atom stereocenters. The van der Waals surface area contributed by atoms with E-state index in [1.54, 1.807) is 12.1 Å². The number of nitrogens with zero attached hydrogens (tertiary/aromatic N) is 1. The number of hydrogen-bond donors (Lipinski definition) is 2. The number of carbonyl (C=O) groups is 1. The number of nitrogens with one attached hydrogen (secondary N) is 2. The minimum absolute atomic E-state index is 0.0716. The van der Waals surface area contributed by atoms with Gasteiger partial charge in [0.2, 0.25) is 5.91 Å². The van der Waals surface area contributed by atoms with Gasteiger partial charge in [-0.25, -0.2) is 4.39 Å². The summed E-state index contributed by atoms with van der Waals surface area (Å²) >= 11 is 0. The highest BCUT2D eigenvalue weighted by molar-refractivity contribution is 5.75. The first-order chi connectivity index (χ1) is 14.7. The molecule has 4 nitrogen and oxygen atoms in total. The van der Waals surface area contributed by atoms with E-state index in [1.807, 2.05) is 0 Å². The standard InChI is InChI=1S/C25H32FN3O/c26-23-11-9-19(10-12-23)14-28-25(30)8-4-7-24-22-13-21(15-27-24)17-29(18-22)16-20-5-2-1-3-6-20/h1-3,5-6,9-12,21-22,24,27H,4,7-8,13-18H2,(H,28,30)/t21-,22?,24+/m0/s1. The van der Waals surface area contributed by atoms with E-state index in [2.05, 4.69) is 45.9 Å². The molecule has 1 amide bonds. The average molecular weight is 410 g/mol. The van der Waals surface area contributed by atoms with Crippen LogP contribution in [0, 0.1) is 17.7 Å². The number of likely N-dealkylation sites (tertiary alicyclic amines) is 1. The van der Waals surface area contributed by atoms with Gasteiger partial charge in [-0.3, -0.25) is 9.69 Å². The number of hydrogen-bond acceptors (Lipinski definition) is 3. The Bertz CT molecular complexity index is 811. The molecule has 2 N–H and O–H groups in total. The van der Waals surface area contributed by atoms with Crippen molar-refractivity contribution in [3.63, 3.8) is 0 Å². The summed E-state index contributed by atoms with van der Waals surface area (Å²) in [4.78, 5) is 14.8. The molecule has 0 spiro atoms. The molecule has 0 radical (unpaired) electrons. The van der Waals surface area contributed by atoms with Crippen LogP contribution in [0.2, 0.25) is 0 Å². The number of piperidine rings is 2. The van der Waals surface area contributed by atoms with E-state index in [1.165, 1.54) is 30.7 Å². The number of rotatable bonds is 8. The molecule has 2 saturated heterocycles. The summed E-state index contributed by atoms with van der Waals surface area (Å²) in [6.45, 7) is 4.89. The van der Waals surface area contributed by atoms with Crippen molar-refractivity contribution in [2.45, 2.75) is 44.8 Å². The maximum atomic E-state index is 13.0. The number of benzene rings is 2. The van der Waals surface area contributed by atoms with E-state index >= 15 is 0 Å². The third kappa shape index (κ3) is 5.89. The summed E-state index contributed by atoms with van der Waals surface area (Å²) in [5.74, 6) is 1.23. The van der Waals surface area contributed by atoms with Gasteiger partial charge in [0.25, 0.3) is 0 Å². The van der Waals surface area contributed by atoms with Crippen LogP contribution < -0.4 is 10.6 Å². The van der Waals surface area contributed by atoms with Crippen LogP contribution in [0.4, 0.5) is 4.39 Å². The van der Waals surface area contributed by atoms with E-state index < -0.39 is 0 Å². The van der Waals surface area contributed by atoms with Gasteiger partial charge >= 0.3 is 0 Å². The van der Waals surface area contributed by atoms with Crippen LogP contribution in [0.5, 0.6) is 0 Å². The maximum Gasteiger partial charge on any atom is 0.220 e. The smallest absolute Gasteiger partial charge is 0.220 e. The predicted octanol–water partition coefficient (Wildman–Crippen LogP) is 3.72. The van der Waals surface area contributed by atoms with Crippen molar-refractivity contribution in [3.05, 3.63) is 71.5 Å². The van der Waals surface area contributed by atoms with E-state index in [0.29, 0.717) is 24.9 Å². The van der Waals surface area contributed by atoms with Crippen molar-refractivity contribution in [1.29, 1.82) is 0 Å². The molecular weight excluding hydrogens is 377 g/mol. The minimum Gasteiger partial charge on any atom is -0.352 e. The van der Waals surface area contributed by atoms with Crippen molar-refractivity contribution in [1.82, 2.24) is 15.5 Å². The Kier molecular flexibility index (Phi) is 7.13. The largest absolute Gasteiger partial charge is 0.352 e. The highest BCUT2D eigenvalue weighted by Gasteiger charge is 2.35. The van der Waals surface area contributed by atoms with Gasteiger partial charge in [-0.2, -0.15) is 0 Å². The van der Waals surface area contributed by atoms with Crippen LogP contribution in [0.25, 0.3) is 0 Å². The van der Waals surface area contributed by atoms with Crippen LogP contribution in [0.1, 0.15) is 36.8 Å². The predicted molar refractivity (Wildman–Crippen MR) is 117 cm³/mol. The molecule has 2 aliphatic rings. The van der Waals surface area contributed by atoms with Gasteiger partial charge in [-0.1, -0.05) is 42.5 Å². The lowest BCUT2D eigenvalue weighted by Crippen LogP contribution is -2.55. The number of amides is 1. The fourth-order valence-corrected chi connectivity index (χ4v) is 4.95. The van der Waals surface area contributed by atoms with Crippen molar-refractivity contribution in [2.75, 3.05) is 19.6 Å². The van der Waals surface area contributed by atoms with Gasteiger partial charge in [0, 0.05) is 38.6 Å². The van der Waals surface area contributed by atoms with Crippen LogP contribution in [0.15, 0.2) is 54.6 Å². The number of fused-ring (bicyclic) bond motifs is 2. The third-order valence-corrected chi connectivity index (χ3v) is 6.45. The quantitative estimate of drug-likeness (QED) is 0.698. The molecule has 2 fully saturated rings. The summed E-state index contributed by atoms with van der Waals surface area (Å²) < 4.78 is 13.0. The van der Waals surface area contributed by atoms with Crippen molar-refractivity contribution >= 4 is 5.91 Å². The highest BCUT2D eigenvalue weighted by atomic mass is 19.1. The van der Waals surface area contributed by atoms with Crippen molar-refractivity contribution in [3.8, 4) is 0 Å². The van der Waals surface area contributed by atoms with E-state index in [0.717, 1.165) is 44.0 Å². The Morgan fingerprint density at radius 1 is 1.07 bits per heavy atom. The summed E-state index contributed by atoms with van der Waals surface area (Å²) in [6.07, 6.45) is 3.79. The molecule has 160 valence electrons. The molecule has 2 aliphatic heterocycles. The Morgan fingerprint density at radius 3 is 2.67 bits per heavy atom. The fraction of sp³-hybridized carbons (Fsp3) is 0.480. The first-order valence-electron chi connectivity index (χ1n) is 11.2. The third-order valence-electron chi connectivity index (χ3n) is 6.45. The lowest BCUT2D eigenvalue weighted by Gasteiger charge is -2.46. The summed E-state index contributed by atoms with van der Waals surface area (Å²) in [5.41, 5.74) is 2.31. The topological polar surface area (TPSA) is 44.4 Å². The zero-order valence-electron chi connectivity index (χ0n) is 17.5. The van der Waals surface area contributed by atoms with Crippen LogP contribution in [-0.2, 0) is 17.9 Å². The van der Waals surface area contributed by atoms with E-state index in [-0.39, 0.29) is 11.7 Å². The molecule has 1 unspecified atom stereocenters. The normalized spacial score (nSPS) is 23.8. The van der Waals surface area contributed by atoms with Gasteiger partial charge in [0.05, 0.1) is 0 Å². The Hall–Kier alpha value is -2.24. The second-order valence-electron chi connectivity index (χ2n) is 8.85. The summed E-state index contributed by atoms with van der Waals surface area (Å²) in [7, 11) is 0. The SMILES string of the molecule is O=C(CCC[C@H]1NC[C@@H]2CC1CN(Cc1ccccc1)C2)NCc1ccc(F)cc1. The molecule has 2 bridgehead atoms. The molecular formula is C25H32FN3O. The first-order valence-corrected chi connectivity index (χ1v) is 11.2. The van der Waals surface area contributed by atoms with Crippen LogP contribution in [-0.4, -0.2) is 36.5 Å². The molecule has 30 heavy (non-hydrogen) atoms.